The van der Waals surface area contributed by atoms with Crippen LogP contribution in [0.4, 0.5) is 18.9 Å². The van der Waals surface area contributed by atoms with Crippen LogP contribution in [0, 0.1) is 0 Å². The minimum atomic E-state index is -4.50. The van der Waals surface area contributed by atoms with Gasteiger partial charge in [-0.15, -0.1) is 0 Å². The van der Waals surface area contributed by atoms with E-state index in [-0.39, 0.29) is 5.56 Å². The second-order valence-corrected chi connectivity index (χ2v) is 5.84. The minimum absolute atomic E-state index is 0.0828. The highest BCUT2D eigenvalue weighted by Gasteiger charge is 2.31. The first-order chi connectivity index (χ1) is 9.79. The number of nitrogens with one attached hydrogen (secondary N) is 1. The Morgan fingerprint density at radius 3 is 2.29 bits per heavy atom. The number of carbonyl (C=O) groups excluding carboxylic acids is 1. The Labute approximate surface area is 135 Å². The summed E-state index contributed by atoms with van der Waals surface area (Å²) in [6.45, 7) is 0. The summed E-state index contributed by atoms with van der Waals surface area (Å²) in [5, 5.41) is 2.56. The van der Waals surface area contributed by atoms with Crippen LogP contribution in [0.2, 0.25) is 0 Å². The second kappa shape index (κ2) is 6.19. The number of carbonyl (C=O) groups is 1. The molecule has 0 heterocycles. The van der Waals surface area contributed by atoms with E-state index in [1.165, 1.54) is 6.07 Å². The molecule has 2 aromatic rings. The molecule has 2 aromatic carbocycles. The van der Waals surface area contributed by atoms with Crippen LogP contribution >= 0.6 is 31.9 Å². The lowest BCUT2D eigenvalue weighted by atomic mass is 10.1. The number of para-hydroxylation sites is 1. The monoisotopic (exact) mass is 421 g/mol. The van der Waals surface area contributed by atoms with E-state index in [4.69, 9.17) is 0 Å². The largest absolute Gasteiger partial charge is 0.416 e. The van der Waals surface area contributed by atoms with Gasteiger partial charge in [0.15, 0.2) is 0 Å². The Hall–Kier alpha value is -1.34. The average molecular weight is 423 g/mol. The molecule has 0 saturated carbocycles. The van der Waals surface area contributed by atoms with Crippen LogP contribution in [0.3, 0.4) is 0 Å². The van der Waals surface area contributed by atoms with E-state index < -0.39 is 17.6 Å². The van der Waals surface area contributed by atoms with Crippen molar-refractivity contribution in [3.8, 4) is 0 Å². The zero-order valence-electron chi connectivity index (χ0n) is 10.3. The number of rotatable bonds is 2. The van der Waals surface area contributed by atoms with Gasteiger partial charge in [-0.2, -0.15) is 13.2 Å². The van der Waals surface area contributed by atoms with Gasteiger partial charge in [-0.25, -0.2) is 0 Å². The molecule has 0 aliphatic rings. The molecule has 0 saturated heterocycles. The molecular weight excluding hydrogens is 415 g/mol. The molecule has 0 bridgehead atoms. The Bertz CT molecular complexity index is 686. The Morgan fingerprint density at radius 2 is 1.67 bits per heavy atom. The number of hydrogen-bond donors (Lipinski definition) is 1. The quantitative estimate of drug-likeness (QED) is 0.681. The average Bonchev–Trinajstić information content (AvgIpc) is 2.40. The van der Waals surface area contributed by atoms with Gasteiger partial charge in [-0.1, -0.05) is 12.1 Å². The van der Waals surface area contributed by atoms with Crippen molar-refractivity contribution in [3.05, 3.63) is 62.5 Å². The van der Waals surface area contributed by atoms with Crippen molar-refractivity contribution in [3.63, 3.8) is 0 Å². The summed E-state index contributed by atoms with van der Waals surface area (Å²) in [6.07, 6.45) is -4.50. The van der Waals surface area contributed by atoms with Crippen LogP contribution in [0.15, 0.2) is 51.4 Å². The number of benzene rings is 2. The van der Waals surface area contributed by atoms with Crippen LogP contribution in [0.25, 0.3) is 0 Å². The van der Waals surface area contributed by atoms with Crippen LogP contribution in [0.5, 0.6) is 0 Å². The molecule has 0 aliphatic heterocycles. The molecule has 1 amide bonds. The molecule has 1 N–H and O–H groups in total. The van der Waals surface area contributed by atoms with Gasteiger partial charge in [0.25, 0.3) is 5.91 Å². The molecule has 2 rings (SSSR count). The Kier molecular flexibility index (Phi) is 4.73. The van der Waals surface area contributed by atoms with Gasteiger partial charge in [0, 0.05) is 8.95 Å². The van der Waals surface area contributed by atoms with Gasteiger partial charge in [0.05, 0.1) is 16.8 Å². The summed E-state index contributed by atoms with van der Waals surface area (Å²) in [5.74, 6) is -0.625. The molecule has 7 heteroatoms. The smallest absolute Gasteiger partial charge is 0.321 e. The van der Waals surface area contributed by atoms with E-state index in [0.29, 0.717) is 14.6 Å². The molecule has 0 radical (unpaired) electrons. The van der Waals surface area contributed by atoms with Gasteiger partial charge in [0.2, 0.25) is 0 Å². The van der Waals surface area contributed by atoms with Crippen molar-refractivity contribution in [2.75, 3.05) is 5.32 Å². The van der Waals surface area contributed by atoms with E-state index in [1.807, 2.05) is 0 Å². The predicted molar refractivity (Wildman–Crippen MR) is 81.2 cm³/mol. The van der Waals surface area contributed by atoms with Gasteiger partial charge in [0.1, 0.15) is 0 Å². The van der Waals surface area contributed by atoms with Crippen LogP contribution < -0.4 is 5.32 Å². The molecule has 0 spiro atoms. The highest BCUT2D eigenvalue weighted by atomic mass is 79.9. The molecule has 0 aromatic heterocycles. The van der Waals surface area contributed by atoms with Gasteiger partial charge in [-0.3, -0.25) is 4.79 Å². The summed E-state index contributed by atoms with van der Waals surface area (Å²) in [6, 6.07) is 9.77. The first kappa shape index (κ1) is 16.0. The lowest BCUT2D eigenvalue weighted by Crippen LogP contribution is -2.15. The fourth-order valence-electron chi connectivity index (χ4n) is 1.63. The van der Waals surface area contributed by atoms with E-state index in [9.17, 15) is 18.0 Å². The molecule has 2 nitrogen and oxygen atoms in total. The van der Waals surface area contributed by atoms with Crippen molar-refractivity contribution >= 4 is 43.5 Å². The minimum Gasteiger partial charge on any atom is -0.321 e. The summed E-state index contributed by atoms with van der Waals surface area (Å²) in [5.41, 5.74) is -0.477. The van der Waals surface area contributed by atoms with E-state index in [2.05, 4.69) is 37.2 Å². The summed E-state index contributed by atoms with van der Waals surface area (Å²) < 4.78 is 39.0. The normalized spacial score (nSPS) is 11.3. The first-order valence-electron chi connectivity index (χ1n) is 5.71. The third kappa shape index (κ3) is 3.85. The molecule has 0 fully saturated rings. The van der Waals surface area contributed by atoms with Crippen LogP contribution in [0.1, 0.15) is 15.9 Å². The Morgan fingerprint density at radius 1 is 1.00 bits per heavy atom. The zero-order chi connectivity index (χ0) is 15.6. The standard InChI is InChI=1S/C14H8Br2F3NO/c15-10-6-5-8(14(17,18)19)7-9(10)13(21)20-12-4-2-1-3-11(12)16/h1-7H,(H,20,21). The number of anilines is 1. The predicted octanol–water partition coefficient (Wildman–Crippen LogP) is 5.48. The van der Waals surface area contributed by atoms with Crippen molar-refractivity contribution in [2.45, 2.75) is 6.18 Å². The maximum atomic E-state index is 12.7. The van der Waals surface area contributed by atoms with Crippen LogP contribution in [-0.4, -0.2) is 5.91 Å². The molecule has 0 unspecified atom stereocenters. The van der Waals surface area contributed by atoms with Crippen molar-refractivity contribution < 1.29 is 18.0 Å². The van der Waals surface area contributed by atoms with Crippen molar-refractivity contribution in [1.29, 1.82) is 0 Å². The van der Waals surface area contributed by atoms with Gasteiger partial charge >= 0.3 is 6.18 Å². The third-order valence-corrected chi connectivity index (χ3v) is 4.04. The lowest BCUT2D eigenvalue weighted by molar-refractivity contribution is -0.137. The first-order valence-corrected chi connectivity index (χ1v) is 7.30. The van der Waals surface area contributed by atoms with E-state index >= 15 is 0 Å². The highest BCUT2D eigenvalue weighted by molar-refractivity contribution is 9.11. The lowest BCUT2D eigenvalue weighted by Gasteiger charge is -2.11. The van der Waals surface area contributed by atoms with Gasteiger partial charge in [-0.05, 0) is 62.2 Å². The molecular formula is C14H8Br2F3NO. The third-order valence-electron chi connectivity index (χ3n) is 2.66. The number of halogens is 5. The molecule has 110 valence electrons. The number of hydrogen-bond acceptors (Lipinski definition) is 1. The molecule has 0 atom stereocenters. The maximum Gasteiger partial charge on any atom is 0.416 e. The maximum absolute atomic E-state index is 12.7. The number of alkyl halides is 3. The Balaban J connectivity index is 2.33. The zero-order valence-corrected chi connectivity index (χ0v) is 13.5. The van der Waals surface area contributed by atoms with Crippen LogP contribution in [-0.2, 0) is 6.18 Å². The SMILES string of the molecule is O=C(Nc1ccccc1Br)c1cc(C(F)(F)F)ccc1Br. The second-order valence-electron chi connectivity index (χ2n) is 4.13. The number of amides is 1. The summed E-state index contributed by atoms with van der Waals surface area (Å²) >= 11 is 6.35. The summed E-state index contributed by atoms with van der Waals surface area (Å²) in [4.78, 5) is 12.1. The highest BCUT2D eigenvalue weighted by Crippen LogP contribution is 2.32. The van der Waals surface area contributed by atoms with E-state index in [1.54, 1.807) is 24.3 Å². The van der Waals surface area contributed by atoms with Crippen molar-refractivity contribution in [1.82, 2.24) is 0 Å². The van der Waals surface area contributed by atoms with E-state index in [0.717, 1.165) is 12.1 Å². The topological polar surface area (TPSA) is 29.1 Å². The fraction of sp³-hybridized carbons (Fsp3) is 0.0714. The van der Waals surface area contributed by atoms with Crippen molar-refractivity contribution in [2.24, 2.45) is 0 Å². The fourth-order valence-corrected chi connectivity index (χ4v) is 2.44. The molecule has 21 heavy (non-hydrogen) atoms. The molecule has 0 aliphatic carbocycles. The van der Waals surface area contributed by atoms with Gasteiger partial charge < -0.3 is 5.32 Å². The summed E-state index contributed by atoms with van der Waals surface area (Å²) in [7, 11) is 0.